The molecule has 0 atom stereocenters. The normalized spacial score (nSPS) is 14.8. The van der Waals surface area contributed by atoms with Crippen LogP contribution in [0.25, 0.3) is 0 Å². The van der Waals surface area contributed by atoms with Crippen molar-refractivity contribution in [1.82, 2.24) is 4.90 Å². The summed E-state index contributed by atoms with van der Waals surface area (Å²) in [5.74, 6) is -0.208. The third-order valence-electron chi connectivity index (χ3n) is 5.30. The first-order valence-electron chi connectivity index (χ1n) is 9.40. The zero-order chi connectivity index (χ0) is 20.3. The van der Waals surface area contributed by atoms with Crippen LogP contribution in [0.15, 0.2) is 53.4 Å². The molecule has 0 radical (unpaired) electrons. The van der Waals surface area contributed by atoms with E-state index in [2.05, 4.69) is 0 Å². The van der Waals surface area contributed by atoms with Crippen molar-refractivity contribution in [2.45, 2.75) is 43.5 Å². The van der Waals surface area contributed by atoms with E-state index in [9.17, 15) is 13.2 Å². The maximum absolute atomic E-state index is 13.4. The number of amides is 1. The Kier molecular flexibility index (Phi) is 6.30. The first-order valence-corrected chi connectivity index (χ1v) is 11.2. The molecule has 150 valence electrons. The van der Waals surface area contributed by atoms with Crippen LogP contribution in [0.5, 0.6) is 0 Å². The molecule has 2 aromatic carbocycles. The van der Waals surface area contributed by atoms with Gasteiger partial charge in [-0.1, -0.05) is 42.6 Å². The van der Waals surface area contributed by atoms with Gasteiger partial charge in [0.15, 0.2) is 0 Å². The number of hydrogen-bond acceptors (Lipinski definition) is 3. The Bertz CT molecular complexity index is 941. The molecule has 28 heavy (non-hydrogen) atoms. The zero-order valence-corrected chi connectivity index (χ0v) is 17.7. The van der Waals surface area contributed by atoms with Crippen LogP contribution in [-0.2, 0) is 14.8 Å². The summed E-state index contributed by atoms with van der Waals surface area (Å²) in [5, 5.41) is 0.521. The van der Waals surface area contributed by atoms with Crippen molar-refractivity contribution in [3.8, 4) is 0 Å². The summed E-state index contributed by atoms with van der Waals surface area (Å²) in [4.78, 5) is 14.8. The fourth-order valence-corrected chi connectivity index (χ4v) is 5.37. The lowest BCUT2D eigenvalue weighted by Crippen LogP contribution is -2.44. The third kappa shape index (κ3) is 4.33. The monoisotopic (exact) mass is 420 g/mol. The molecule has 3 rings (SSSR count). The number of rotatable bonds is 6. The molecule has 1 amide bonds. The van der Waals surface area contributed by atoms with Crippen LogP contribution in [-0.4, -0.2) is 38.9 Å². The van der Waals surface area contributed by atoms with E-state index in [0.29, 0.717) is 16.3 Å². The Morgan fingerprint density at radius 1 is 1.11 bits per heavy atom. The standard InChI is InChI=1S/C21H25ClN2O3S/c1-16-14-17(22)12-13-20(16)24(28(26,27)19-10-4-3-5-11-19)15-21(25)23(2)18-8-6-7-9-18/h3-5,10-14,18H,6-9,15H2,1-2H3. The molecule has 0 spiro atoms. The summed E-state index contributed by atoms with van der Waals surface area (Å²) in [5.41, 5.74) is 1.16. The average molecular weight is 421 g/mol. The maximum Gasteiger partial charge on any atom is 0.264 e. The van der Waals surface area contributed by atoms with Crippen LogP contribution in [0.1, 0.15) is 31.2 Å². The maximum atomic E-state index is 13.4. The SMILES string of the molecule is Cc1cc(Cl)ccc1N(CC(=O)N(C)C1CCCC1)S(=O)(=O)c1ccccc1. The van der Waals surface area contributed by atoms with Gasteiger partial charge in [-0.2, -0.15) is 0 Å². The van der Waals surface area contributed by atoms with Crippen LogP contribution >= 0.6 is 11.6 Å². The molecule has 0 N–H and O–H groups in total. The average Bonchev–Trinajstić information content (AvgIpc) is 3.21. The van der Waals surface area contributed by atoms with E-state index in [-0.39, 0.29) is 23.4 Å². The molecule has 1 aliphatic rings. The van der Waals surface area contributed by atoms with Gasteiger partial charge in [-0.25, -0.2) is 8.42 Å². The fraction of sp³-hybridized carbons (Fsp3) is 0.381. The minimum atomic E-state index is -3.90. The number of carbonyl (C=O) groups is 1. The molecule has 1 aliphatic carbocycles. The van der Waals surface area contributed by atoms with Gasteiger partial charge in [0.2, 0.25) is 5.91 Å². The Morgan fingerprint density at radius 3 is 2.36 bits per heavy atom. The van der Waals surface area contributed by atoms with Crippen LogP contribution in [0.3, 0.4) is 0 Å². The molecular formula is C21H25ClN2O3S. The second-order valence-electron chi connectivity index (χ2n) is 7.20. The predicted octanol–water partition coefficient (Wildman–Crippen LogP) is 4.24. The molecule has 1 fully saturated rings. The van der Waals surface area contributed by atoms with Crippen LogP contribution in [0.4, 0.5) is 5.69 Å². The van der Waals surface area contributed by atoms with E-state index in [0.717, 1.165) is 25.7 Å². The molecule has 5 nitrogen and oxygen atoms in total. The topological polar surface area (TPSA) is 57.7 Å². The third-order valence-corrected chi connectivity index (χ3v) is 7.31. The Morgan fingerprint density at radius 2 is 1.75 bits per heavy atom. The zero-order valence-electron chi connectivity index (χ0n) is 16.1. The number of nitrogens with zero attached hydrogens (tertiary/aromatic N) is 2. The number of aryl methyl sites for hydroxylation is 1. The number of carbonyl (C=O) groups excluding carboxylic acids is 1. The second kappa shape index (κ2) is 8.53. The van der Waals surface area contributed by atoms with Gasteiger partial charge in [0.25, 0.3) is 10.0 Å². The number of benzene rings is 2. The summed E-state index contributed by atoms with van der Waals surface area (Å²) in [6.07, 6.45) is 4.14. The van der Waals surface area contributed by atoms with E-state index in [4.69, 9.17) is 11.6 Å². The lowest BCUT2D eigenvalue weighted by molar-refractivity contribution is -0.130. The Balaban J connectivity index is 1.98. The van der Waals surface area contributed by atoms with Crippen molar-refractivity contribution in [3.05, 3.63) is 59.1 Å². The molecular weight excluding hydrogens is 396 g/mol. The van der Waals surface area contributed by atoms with Gasteiger partial charge in [0.1, 0.15) is 6.54 Å². The highest BCUT2D eigenvalue weighted by atomic mass is 35.5. The van der Waals surface area contributed by atoms with Gasteiger partial charge in [-0.05, 0) is 55.7 Å². The molecule has 2 aromatic rings. The second-order valence-corrected chi connectivity index (χ2v) is 9.50. The van der Waals surface area contributed by atoms with Gasteiger partial charge in [0, 0.05) is 18.1 Å². The fourth-order valence-electron chi connectivity index (χ4n) is 3.65. The van der Waals surface area contributed by atoms with E-state index in [1.807, 2.05) is 0 Å². The summed E-state index contributed by atoms with van der Waals surface area (Å²) in [6, 6.07) is 13.4. The summed E-state index contributed by atoms with van der Waals surface area (Å²) in [6.45, 7) is 1.55. The first kappa shape index (κ1) is 20.7. The molecule has 1 saturated carbocycles. The van der Waals surface area contributed by atoms with Gasteiger partial charge >= 0.3 is 0 Å². The highest BCUT2D eigenvalue weighted by molar-refractivity contribution is 7.92. The number of sulfonamides is 1. The molecule has 0 heterocycles. The van der Waals surface area contributed by atoms with E-state index < -0.39 is 10.0 Å². The number of likely N-dealkylation sites (N-methyl/N-ethyl adjacent to an activating group) is 1. The van der Waals surface area contributed by atoms with Gasteiger partial charge in [0.05, 0.1) is 10.6 Å². The summed E-state index contributed by atoms with van der Waals surface area (Å²) >= 11 is 6.05. The highest BCUT2D eigenvalue weighted by Crippen LogP contribution is 2.29. The van der Waals surface area contributed by atoms with Crippen LogP contribution in [0, 0.1) is 6.92 Å². The lowest BCUT2D eigenvalue weighted by Gasteiger charge is -2.30. The van der Waals surface area contributed by atoms with E-state index in [1.54, 1.807) is 67.4 Å². The highest BCUT2D eigenvalue weighted by Gasteiger charge is 2.31. The molecule has 0 saturated heterocycles. The van der Waals surface area contributed by atoms with Gasteiger partial charge < -0.3 is 4.90 Å². The largest absolute Gasteiger partial charge is 0.341 e. The van der Waals surface area contributed by atoms with E-state index >= 15 is 0 Å². The van der Waals surface area contributed by atoms with Crippen molar-refractivity contribution < 1.29 is 13.2 Å². The quantitative estimate of drug-likeness (QED) is 0.702. The number of hydrogen-bond donors (Lipinski definition) is 0. The Hall–Kier alpha value is -2.05. The summed E-state index contributed by atoms with van der Waals surface area (Å²) < 4.78 is 27.9. The summed E-state index contributed by atoms with van der Waals surface area (Å²) in [7, 11) is -2.13. The first-order chi connectivity index (χ1) is 13.3. The number of anilines is 1. The van der Waals surface area contributed by atoms with Crippen LogP contribution < -0.4 is 4.31 Å². The molecule has 7 heteroatoms. The molecule has 0 aromatic heterocycles. The minimum Gasteiger partial charge on any atom is -0.341 e. The number of halogens is 1. The lowest BCUT2D eigenvalue weighted by atomic mass is 10.2. The predicted molar refractivity (Wildman–Crippen MR) is 112 cm³/mol. The Labute approximate surface area is 172 Å². The van der Waals surface area contributed by atoms with Gasteiger partial charge in [-0.15, -0.1) is 0 Å². The van der Waals surface area contributed by atoms with Crippen molar-refractivity contribution in [1.29, 1.82) is 0 Å². The minimum absolute atomic E-state index is 0.153. The smallest absolute Gasteiger partial charge is 0.264 e. The van der Waals surface area contributed by atoms with E-state index in [1.165, 1.54) is 4.31 Å². The molecule has 0 unspecified atom stereocenters. The van der Waals surface area contributed by atoms with Crippen molar-refractivity contribution in [2.24, 2.45) is 0 Å². The van der Waals surface area contributed by atoms with Crippen molar-refractivity contribution in [2.75, 3.05) is 17.9 Å². The molecule has 0 aliphatic heterocycles. The van der Waals surface area contributed by atoms with Gasteiger partial charge in [-0.3, -0.25) is 9.10 Å². The van der Waals surface area contributed by atoms with Crippen LogP contribution in [0.2, 0.25) is 5.02 Å². The van der Waals surface area contributed by atoms with Crippen molar-refractivity contribution in [3.63, 3.8) is 0 Å². The van der Waals surface area contributed by atoms with Crippen molar-refractivity contribution >= 4 is 33.2 Å². The molecule has 0 bridgehead atoms.